The van der Waals surface area contributed by atoms with Crippen LogP contribution in [0.25, 0.3) is 0 Å². The number of benzene rings is 1. The molecule has 0 unspecified atom stereocenters. The fourth-order valence-corrected chi connectivity index (χ4v) is 6.08. The fourth-order valence-electron chi connectivity index (χ4n) is 5.00. The first-order valence-electron chi connectivity index (χ1n) is 14.8. The van der Waals surface area contributed by atoms with Gasteiger partial charge in [-0.05, 0) is 88.2 Å². The number of nitrogens with zero attached hydrogens (tertiary/aromatic N) is 1. The van der Waals surface area contributed by atoms with E-state index in [9.17, 15) is 23.9 Å². The van der Waals surface area contributed by atoms with Crippen LogP contribution in [0, 0.1) is 11.7 Å². The molecule has 12 heteroatoms. The Bertz CT molecular complexity index is 1370. The third-order valence-corrected chi connectivity index (χ3v) is 13.1. The molecule has 0 atom stereocenters. The van der Waals surface area contributed by atoms with Crippen LogP contribution in [-0.2, 0) is 28.3 Å². The number of rotatable bonds is 8. The topological polar surface area (TPSA) is 134 Å². The number of aromatic amines is 1. The molecule has 1 aromatic carbocycles. The number of hydrogen-bond donors (Lipinski definition) is 4. The predicted octanol–water partition coefficient (Wildman–Crippen LogP) is 4.91. The molecule has 2 aromatic rings. The second-order valence-electron chi connectivity index (χ2n) is 14.1. The van der Waals surface area contributed by atoms with Crippen molar-refractivity contribution in [3.05, 3.63) is 57.5 Å². The Kier molecular flexibility index (Phi) is 10.2. The van der Waals surface area contributed by atoms with E-state index in [1.807, 2.05) is 0 Å². The summed E-state index contributed by atoms with van der Waals surface area (Å²) in [5.41, 5.74) is -2.30. The van der Waals surface area contributed by atoms with Crippen LogP contribution in [0.5, 0.6) is 5.75 Å². The molecule has 1 heterocycles. The van der Waals surface area contributed by atoms with Crippen LogP contribution in [0.3, 0.4) is 0 Å². The third-order valence-electron chi connectivity index (χ3n) is 8.56. The molecule has 4 N–H and O–H groups in total. The molecule has 0 saturated heterocycles. The summed E-state index contributed by atoms with van der Waals surface area (Å²) in [5.74, 6) is -1.32. The lowest BCUT2D eigenvalue weighted by Gasteiger charge is -2.41. The van der Waals surface area contributed by atoms with Crippen LogP contribution in [0.2, 0.25) is 18.1 Å². The number of halogens is 1. The zero-order valence-electron chi connectivity index (χ0n) is 26.9. The van der Waals surface area contributed by atoms with Crippen molar-refractivity contribution in [3.8, 4) is 5.75 Å². The van der Waals surface area contributed by atoms with Crippen molar-refractivity contribution in [3.63, 3.8) is 0 Å². The summed E-state index contributed by atoms with van der Waals surface area (Å²) in [6.07, 6.45) is 1.63. The highest BCUT2D eigenvalue weighted by molar-refractivity contribution is 6.74. The summed E-state index contributed by atoms with van der Waals surface area (Å²) in [5, 5.41) is 16.5. The molecule has 2 amide bonds. The van der Waals surface area contributed by atoms with Crippen molar-refractivity contribution in [2.75, 3.05) is 6.61 Å². The Hall–Kier alpha value is -3.25. The van der Waals surface area contributed by atoms with Crippen molar-refractivity contribution in [2.24, 2.45) is 13.0 Å². The Morgan fingerprint density at radius 1 is 1.12 bits per heavy atom. The molecule has 0 aliphatic heterocycles. The summed E-state index contributed by atoms with van der Waals surface area (Å²) in [7, 11) is -0.393. The Morgan fingerprint density at radius 3 is 2.23 bits per heavy atom. The number of aromatic hydroxyl groups is 1. The number of ether oxygens (including phenoxy) is 1. The number of nitrogens with one attached hydrogen (secondary N) is 3. The first kappa shape index (κ1) is 34.2. The number of amides is 2. The van der Waals surface area contributed by atoms with Crippen molar-refractivity contribution >= 4 is 20.3 Å². The first-order valence-corrected chi connectivity index (χ1v) is 17.7. The Balaban J connectivity index is 1.93. The van der Waals surface area contributed by atoms with Crippen LogP contribution in [0.4, 0.5) is 9.18 Å². The molecule has 1 aromatic heterocycles. The van der Waals surface area contributed by atoms with Crippen molar-refractivity contribution in [1.82, 2.24) is 15.6 Å². The van der Waals surface area contributed by atoms with Crippen molar-refractivity contribution in [2.45, 2.75) is 103 Å². The average molecular weight is 620 g/mol. The number of H-pyrrole nitrogens is 1. The van der Waals surface area contributed by atoms with E-state index in [4.69, 9.17) is 9.16 Å². The zero-order chi connectivity index (χ0) is 32.4. The lowest BCUT2D eigenvalue weighted by Crippen LogP contribution is -2.59. The van der Waals surface area contributed by atoms with Crippen LogP contribution < -0.4 is 20.8 Å². The molecule has 10 nitrogen and oxygen atoms in total. The lowest BCUT2D eigenvalue weighted by molar-refractivity contribution is -0.689. The van der Waals surface area contributed by atoms with Gasteiger partial charge < -0.3 is 24.9 Å². The standard InChI is InChI=1S/C31H47FN4O6Si/c1-29(2,3)42-28(40)35-31(16-14-21(15-17-31)19-41-43(8,9)30(4,5)6)27-34-26(39)24(37)23(36(27)7)25(38)33-18-20-10-12-22(32)13-11-20/h10-13,21H,14-19H2,1-9H3,(H3,33,35,37,38,40)/p+1. The second kappa shape index (κ2) is 12.8. The molecular weight excluding hydrogens is 571 g/mol. The minimum Gasteiger partial charge on any atom is -0.498 e. The molecule has 0 bridgehead atoms. The van der Waals surface area contributed by atoms with E-state index in [-0.39, 0.29) is 29.0 Å². The number of carbonyl (C=O) groups excluding carboxylic acids is 2. The van der Waals surface area contributed by atoms with Crippen LogP contribution in [-0.4, -0.2) is 42.6 Å². The van der Waals surface area contributed by atoms with Gasteiger partial charge in [-0.25, -0.2) is 23.5 Å². The van der Waals surface area contributed by atoms with Gasteiger partial charge in [0.25, 0.3) is 17.5 Å². The summed E-state index contributed by atoms with van der Waals surface area (Å²) in [6.45, 7) is 17.0. The molecule has 0 spiro atoms. The molecule has 3 rings (SSSR count). The second-order valence-corrected chi connectivity index (χ2v) is 18.9. The van der Waals surface area contributed by atoms with Crippen LogP contribution in [0.15, 0.2) is 29.1 Å². The molecule has 1 saturated carbocycles. The van der Waals surface area contributed by atoms with E-state index in [1.54, 1.807) is 27.8 Å². The van der Waals surface area contributed by atoms with Gasteiger partial charge in [0, 0.05) is 13.2 Å². The molecule has 1 aliphatic rings. The SMILES string of the molecule is C[n+]1c(C2(NC(=O)OC(C)(C)C)CCC(CO[Si](C)(C)C(C)(C)C)CC2)[nH]c(=O)c(O)c1C(=O)NCc1ccc(F)cc1. The lowest BCUT2D eigenvalue weighted by atomic mass is 9.76. The largest absolute Gasteiger partial charge is 0.498 e. The smallest absolute Gasteiger partial charge is 0.408 e. The molecule has 43 heavy (non-hydrogen) atoms. The van der Waals surface area contributed by atoms with Gasteiger partial charge in [0.2, 0.25) is 5.69 Å². The number of aromatic nitrogens is 2. The predicted molar refractivity (Wildman–Crippen MR) is 164 cm³/mol. The highest BCUT2D eigenvalue weighted by Gasteiger charge is 2.48. The monoisotopic (exact) mass is 619 g/mol. The van der Waals surface area contributed by atoms with E-state index < -0.39 is 48.6 Å². The maximum atomic E-state index is 13.3. The molecule has 0 radical (unpaired) electrons. The van der Waals surface area contributed by atoms with Gasteiger partial charge in [-0.15, -0.1) is 0 Å². The summed E-state index contributed by atoms with van der Waals surface area (Å²) in [4.78, 5) is 42.1. The van der Waals surface area contributed by atoms with Gasteiger partial charge in [-0.3, -0.25) is 4.79 Å². The third kappa shape index (κ3) is 8.44. The molecule has 238 valence electrons. The highest BCUT2D eigenvalue weighted by Crippen LogP contribution is 2.41. The van der Waals surface area contributed by atoms with Crippen LogP contribution in [0.1, 0.15) is 89.1 Å². The zero-order valence-corrected chi connectivity index (χ0v) is 27.9. The normalized spacial score (nSPS) is 19.5. The fraction of sp³-hybridized carbons (Fsp3) is 0.613. The van der Waals surface area contributed by atoms with Gasteiger partial charge in [0.15, 0.2) is 8.32 Å². The first-order chi connectivity index (χ1) is 19.7. The molecule has 1 fully saturated rings. The summed E-state index contributed by atoms with van der Waals surface area (Å²) in [6, 6.07) is 5.63. The van der Waals surface area contributed by atoms with Crippen LogP contribution >= 0.6 is 0 Å². The van der Waals surface area contributed by atoms with Gasteiger partial charge in [0.1, 0.15) is 17.0 Å². The minimum absolute atomic E-state index is 0.0535. The van der Waals surface area contributed by atoms with Gasteiger partial charge in [0.05, 0.1) is 7.05 Å². The van der Waals surface area contributed by atoms with Gasteiger partial charge in [-0.1, -0.05) is 32.9 Å². The number of alkyl carbamates (subject to hydrolysis) is 1. The Labute approximate surface area is 254 Å². The highest BCUT2D eigenvalue weighted by atomic mass is 28.4. The summed E-state index contributed by atoms with van der Waals surface area (Å²) >= 11 is 0. The summed E-state index contributed by atoms with van der Waals surface area (Å²) < 4.78 is 26.8. The molecular formula is C31H48FN4O6Si+. The van der Waals surface area contributed by atoms with Crippen molar-refractivity contribution in [1.29, 1.82) is 0 Å². The van der Waals surface area contributed by atoms with Gasteiger partial charge in [-0.2, -0.15) is 0 Å². The molecule has 1 aliphatic carbocycles. The number of carbonyl (C=O) groups is 2. The van der Waals surface area contributed by atoms with E-state index >= 15 is 0 Å². The van der Waals surface area contributed by atoms with E-state index in [0.717, 1.165) is 0 Å². The minimum atomic E-state index is -1.95. The number of hydrogen-bond acceptors (Lipinski definition) is 6. The van der Waals surface area contributed by atoms with Crippen molar-refractivity contribution < 1.29 is 32.8 Å². The maximum absolute atomic E-state index is 13.3. The average Bonchev–Trinajstić information content (AvgIpc) is 2.88. The van der Waals surface area contributed by atoms with E-state index in [0.29, 0.717) is 37.9 Å². The van der Waals surface area contributed by atoms with Gasteiger partial charge >= 0.3 is 11.7 Å². The van der Waals surface area contributed by atoms with E-state index in [2.05, 4.69) is 49.5 Å². The Morgan fingerprint density at radius 2 is 1.70 bits per heavy atom. The maximum Gasteiger partial charge on any atom is 0.408 e. The quantitative estimate of drug-likeness (QED) is 0.245. The van der Waals surface area contributed by atoms with E-state index in [1.165, 1.54) is 28.8 Å².